The average Bonchev–Trinajstić information content (AvgIpc) is 3.03. The van der Waals surface area contributed by atoms with Crippen molar-refractivity contribution in [2.75, 3.05) is 0 Å². The number of carbonyl (C=O) groups excluding carboxylic acids is 1. The monoisotopic (exact) mass is 323 g/mol. The summed E-state index contributed by atoms with van der Waals surface area (Å²) in [5.41, 5.74) is 0.387. The molecule has 0 aliphatic carbocycles. The predicted octanol–water partition coefficient (Wildman–Crippen LogP) is 3.13. The molecule has 21 heavy (non-hydrogen) atoms. The Kier molecular flexibility index (Phi) is 3.19. The van der Waals surface area contributed by atoms with Crippen LogP contribution in [0.5, 0.6) is 0 Å². The number of carboxylic acids is 1. The molecule has 0 spiro atoms. The summed E-state index contributed by atoms with van der Waals surface area (Å²) in [6.45, 7) is 0. The molecule has 3 aromatic rings. The predicted molar refractivity (Wildman–Crippen MR) is 77.3 cm³/mol. The van der Waals surface area contributed by atoms with Crippen LogP contribution >= 0.6 is 23.2 Å². The number of fused-ring (bicyclic) bond motifs is 1. The van der Waals surface area contributed by atoms with Gasteiger partial charge in [0.05, 0.1) is 16.9 Å². The fraction of sp³-hybridized carbons (Fsp3) is 0. The second-order valence-electron chi connectivity index (χ2n) is 4.27. The van der Waals surface area contributed by atoms with Crippen LogP contribution in [-0.2, 0) is 0 Å². The van der Waals surface area contributed by atoms with Crippen LogP contribution in [0.25, 0.3) is 10.9 Å². The molecule has 0 saturated heterocycles. The van der Waals surface area contributed by atoms with Crippen molar-refractivity contribution >= 4 is 45.9 Å². The minimum Gasteiger partial charge on any atom is -0.477 e. The lowest BCUT2D eigenvalue weighted by Gasteiger charge is -2.00. The first-order valence-electron chi connectivity index (χ1n) is 5.76. The molecule has 2 heterocycles. The van der Waals surface area contributed by atoms with Crippen molar-refractivity contribution in [1.29, 1.82) is 0 Å². The van der Waals surface area contributed by atoms with E-state index in [1.807, 2.05) is 0 Å². The topological polar surface area (TPSA) is 98.8 Å². The zero-order valence-electron chi connectivity index (χ0n) is 10.3. The minimum absolute atomic E-state index is 0.172. The van der Waals surface area contributed by atoms with Crippen molar-refractivity contribution in [3.05, 3.63) is 51.7 Å². The maximum Gasteiger partial charge on any atom is 0.354 e. The molecular formula is C13H7Cl2N3O3. The number of hydrogen-bond acceptors (Lipinski definition) is 3. The largest absolute Gasteiger partial charge is 0.477 e. The number of aromatic amines is 2. The second kappa shape index (κ2) is 4.91. The number of hydrogen-bond donors (Lipinski definition) is 3. The van der Waals surface area contributed by atoms with Gasteiger partial charge in [-0.1, -0.05) is 23.2 Å². The molecule has 8 heteroatoms. The van der Waals surface area contributed by atoms with Gasteiger partial charge in [-0.15, -0.1) is 0 Å². The fourth-order valence-corrected chi connectivity index (χ4v) is 2.71. The number of carbonyl (C=O) groups is 2. The Morgan fingerprint density at radius 2 is 1.95 bits per heavy atom. The van der Waals surface area contributed by atoms with Gasteiger partial charge in [0.15, 0.2) is 5.69 Å². The Morgan fingerprint density at radius 1 is 1.19 bits per heavy atom. The average molecular weight is 324 g/mol. The highest BCUT2D eigenvalue weighted by molar-refractivity contribution is 6.40. The SMILES string of the molecule is O=C(O)c1[nH]cnc1C(=O)c1c[nH]c2cc(Cl)cc(Cl)c12. The molecule has 0 amide bonds. The van der Waals surface area contributed by atoms with E-state index in [4.69, 9.17) is 28.3 Å². The second-order valence-corrected chi connectivity index (χ2v) is 5.12. The van der Waals surface area contributed by atoms with Crippen LogP contribution in [0.2, 0.25) is 10.0 Å². The number of benzene rings is 1. The number of nitrogens with one attached hydrogen (secondary N) is 2. The van der Waals surface area contributed by atoms with Crippen molar-refractivity contribution in [1.82, 2.24) is 15.0 Å². The molecule has 2 aromatic heterocycles. The summed E-state index contributed by atoms with van der Waals surface area (Å²) in [4.78, 5) is 32.6. The van der Waals surface area contributed by atoms with E-state index in [1.54, 1.807) is 6.07 Å². The lowest BCUT2D eigenvalue weighted by atomic mass is 10.1. The minimum atomic E-state index is -1.26. The molecule has 0 saturated carbocycles. The summed E-state index contributed by atoms with van der Waals surface area (Å²) in [6.07, 6.45) is 2.61. The van der Waals surface area contributed by atoms with Gasteiger partial charge in [0.1, 0.15) is 5.69 Å². The standard InChI is InChI=1S/C13H7Cl2N3O3/c14-5-1-7(15)9-6(3-16-8(9)2-5)12(19)10-11(13(20)21)18-4-17-10/h1-4,16H,(H,17,18)(H,20,21). The summed E-state index contributed by atoms with van der Waals surface area (Å²) in [5.74, 6) is -1.80. The Balaban J connectivity index is 2.19. The molecule has 0 aliphatic rings. The maximum atomic E-state index is 12.5. The smallest absolute Gasteiger partial charge is 0.354 e. The fourth-order valence-electron chi connectivity index (χ4n) is 2.12. The quantitative estimate of drug-likeness (QED) is 0.645. The van der Waals surface area contributed by atoms with Gasteiger partial charge in [-0.25, -0.2) is 9.78 Å². The maximum absolute atomic E-state index is 12.5. The van der Waals surface area contributed by atoms with Gasteiger partial charge >= 0.3 is 5.97 Å². The molecule has 0 radical (unpaired) electrons. The number of imidazole rings is 1. The first-order valence-corrected chi connectivity index (χ1v) is 6.52. The number of carboxylic acid groups (broad SMARTS) is 1. The molecule has 3 N–H and O–H groups in total. The summed E-state index contributed by atoms with van der Waals surface area (Å²) < 4.78 is 0. The van der Waals surface area contributed by atoms with Gasteiger partial charge in [-0.05, 0) is 12.1 Å². The highest BCUT2D eigenvalue weighted by atomic mass is 35.5. The highest BCUT2D eigenvalue weighted by Crippen LogP contribution is 2.31. The number of H-pyrrole nitrogens is 2. The Bertz CT molecular complexity index is 882. The first kappa shape index (κ1) is 13.7. The van der Waals surface area contributed by atoms with E-state index in [1.165, 1.54) is 12.3 Å². The number of aromatic carboxylic acids is 1. The van der Waals surface area contributed by atoms with Crippen LogP contribution in [0, 0.1) is 0 Å². The normalized spacial score (nSPS) is 11.0. The number of halogens is 2. The van der Waals surface area contributed by atoms with Crippen molar-refractivity contribution in [2.24, 2.45) is 0 Å². The molecule has 0 bridgehead atoms. The molecule has 0 atom stereocenters. The van der Waals surface area contributed by atoms with Crippen LogP contribution in [0.4, 0.5) is 0 Å². The number of aromatic nitrogens is 3. The Morgan fingerprint density at radius 3 is 2.67 bits per heavy atom. The van der Waals surface area contributed by atoms with E-state index in [0.717, 1.165) is 6.33 Å². The lowest BCUT2D eigenvalue weighted by molar-refractivity contribution is 0.0687. The summed E-state index contributed by atoms with van der Waals surface area (Å²) >= 11 is 12.0. The number of ketones is 1. The van der Waals surface area contributed by atoms with E-state index in [-0.39, 0.29) is 17.0 Å². The summed E-state index contributed by atoms with van der Waals surface area (Å²) in [5, 5.41) is 10.2. The molecule has 1 aromatic carbocycles. The first-order chi connectivity index (χ1) is 9.99. The molecule has 6 nitrogen and oxygen atoms in total. The molecule has 0 unspecified atom stereocenters. The third kappa shape index (κ3) is 2.18. The van der Waals surface area contributed by atoms with Crippen LogP contribution in [0.3, 0.4) is 0 Å². The zero-order chi connectivity index (χ0) is 15.1. The Hall–Kier alpha value is -2.31. The van der Waals surface area contributed by atoms with Crippen LogP contribution in [-0.4, -0.2) is 31.8 Å². The summed E-state index contributed by atoms with van der Waals surface area (Å²) in [7, 11) is 0. The van der Waals surface area contributed by atoms with Gasteiger partial charge < -0.3 is 15.1 Å². The van der Waals surface area contributed by atoms with Crippen LogP contribution < -0.4 is 0 Å². The Labute approximate surface area is 127 Å². The van der Waals surface area contributed by atoms with E-state index < -0.39 is 11.8 Å². The van der Waals surface area contributed by atoms with E-state index in [0.29, 0.717) is 20.9 Å². The third-order valence-corrected chi connectivity index (χ3v) is 3.53. The molecular weight excluding hydrogens is 317 g/mol. The number of nitrogens with zero attached hydrogens (tertiary/aromatic N) is 1. The van der Waals surface area contributed by atoms with Gasteiger partial charge in [0.25, 0.3) is 0 Å². The third-order valence-electron chi connectivity index (χ3n) is 3.01. The van der Waals surface area contributed by atoms with E-state index in [2.05, 4.69) is 15.0 Å². The van der Waals surface area contributed by atoms with Crippen molar-refractivity contribution < 1.29 is 14.7 Å². The number of rotatable bonds is 3. The van der Waals surface area contributed by atoms with Crippen molar-refractivity contribution in [2.45, 2.75) is 0 Å². The van der Waals surface area contributed by atoms with Crippen molar-refractivity contribution in [3.8, 4) is 0 Å². The van der Waals surface area contributed by atoms with Crippen LogP contribution in [0.15, 0.2) is 24.7 Å². The van der Waals surface area contributed by atoms with Gasteiger partial charge in [-0.3, -0.25) is 4.79 Å². The van der Waals surface area contributed by atoms with E-state index >= 15 is 0 Å². The van der Waals surface area contributed by atoms with Crippen molar-refractivity contribution in [3.63, 3.8) is 0 Å². The van der Waals surface area contributed by atoms with Crippen LogP contribution in [0.1, 0.15) is 26.5 Å². The molecule has 3 rings (SSSR count). The van der Waals surface area contributed by atoms with E-state index in [9.17, 15) is 9.59 Å². The van der Waals surface area contributed by atoms with Gasteiger partial charge in [0, 0.05) is 22.1 Å². The van der Waals surface area contributed by atoms with Gasteiger partial charge in [0.2, 0.25) is 5.78 Å². The zero-order valence-corrected chi connectivity index (χ0v) is 11.8. The molecule has 0 aliphatic heterocycles. The van der Waals surface area contributed by atoms with Gasteiger partial charge in [-0.2, -0.15) is 0 Å². The summed E-state index contributed by atoms with van der Waals surface area (Å²) in [6, 6.07) is 3.14. The highest BCUT2D eigenvalue weighted by Gasteiger charge is 2.24. The lowest BCUT2D eigenvalue weighted by Crippen LogP contribution is -2.09. The molecule has 0 fully saturated rings. The molecule has 106 valence electrons.